The lowest BCUT2D eigenvalue weighted by atomic mass is 9.97. The molecule has 0 bridgehead atoms. The average Bonchev–Trinajstić information content (AvgIpc) is 2.44. The summed E-state index contributed by atoms with van der Waals surface area (Å²) < 4.78 is 33.3. The molecule has 20 heavy (non-hydrogen) atoms. The molecule has 5 heteroatoms. The highest BCUT2D eigenvalue weighted by Gasteiger charge is 2.23. The summed E-state index contributed by atoms with van der Waals surface area (Å²) in [6.45, 7) is 0. The fourth-order valence-corrected chi connectivity index (χ4v) is 2.42. The number of hydrogen-bond acceptors (Lipinski definition) is 2. The summed E-state index contributed by atoms with van der Waals surface area (Å²) in [5.74, 6) is -0.914. The Bertz CT molecular complexity index is 599. The number of benzene rings is 2. The second-order valence-electron chi connectivity index (χ2n) is 4.22. The van der Waals surface area contributed by atoms with Gasteiger partial charge in [0.1, 0.15) is 5.82 Å². The van der Waals surface area contributed by atoms with Crippen LogP contribution in [0.1, 0.15) is 17.2 Å². The van der Waals surface area contributed by atoms with Gasteiger partial charge in [-0.15, -0.1) is 0 Å². The summed E-state index contributed by atoms with van der Waals surface area (Å²) in [4.78, 5) is 0. The average molecular weight is 298 g/mol. The van der Waals surface area contributed by atoms with E-state index in [4.69, 9.17) is 16.3 Å². The molecule has 2 rings (SSSR count). The van der Waals surface area contributed by atoms with Gasteiger partial charge in [-0.2, -0.15) is 0 Å². The van der Waals surface area contributed by atoms with Crippen LogP contribution < -0.4 is 10.1 Å². The van der Waals surface area contributed by atoms with E-state index in [1.54, 1.807) is 25.2 Å². The first-order valence-electron chi connectivity index (χ1n) is 6.03. The van der Waals surface area contributed by atoms with Crippen molar-refractivity contribution in [1.82, 2.24) is 5.32 Å². The molecule has 2 aromatic carbocycles. The monoisotopic (exact) mass is 297 g/mol. The molecule has 2 nitrogen and oxygen atoms in total. The molecule has 0 aliphatic heterocycles. The Kier molecular flexibility index (Phi) is 4.57. The number of nitrogens with one attached hydrogen (secondary N) is 1. The van der Waals surface area contributed by atoms with Crippen molar-refractivity contribution in [1.29, 1.82) is 0 Å². The van der Waals surface area contributed by atoms with E-state index in [1.807, 2.05) is 0 Å². The molecule has 0 heterocycles. The summed E-state index contributed by atoms with van der Waals surface area (Å²) >= 11 is 6.05. The Morgan fingerprint density at radius 2 is 1.85 bits per heavy atom. The normalized spacial score (nSPS) is 12.2. The molecule has 0 radical (unpaired) electrons. The van der Waals surface area contributed by atoms with Gasteiger partial charge in [0.2, 0.25) is 0 Å². The van der Waals surface area contributed by atoms with E-state index in [1.165, 1.54) is 25.3 Å². The molecule has 0 fully saturated rings. The Balaban J connectivity index is 2.59. The van der Waals surface area contributed by atoms with Crippen molar-refractivity contribution in [2.75, 3.05) is 14.2 Å². The predicted molar refractivity (Wildman–Crippen MR) is 75.3 cm³/mol. The SMILES string of the molecule is CNC(c1cccc(OC)c1F)c1c(F)cccc1Cl. The Hall–Kier alpha value is -1.65. The van der Waals surface area contributed by atoms with Crippen LogP contribution in [0, 0.1) is 11.6 Å². The summed E-state index contributed by atoms with van der Waals surface area (Å²) in [6, 6.07) is 8.41. The molecule has 106 valence electrons. The molecule has 0 aliphatic carbocycles. The highest BCUT2D eigenvalue weighted by atomic mass is 35.5. The van der Waals surface area contributed by atoms with Crippen molar-refractivity contribution in [3.05, 3.63) is 64.2 Å². The van der Waals surface area contributed by atoms with Gasteiger partial charge in [-0.25, -0.2) is 8.78 Å². The standard InChI is InChI=1S/C15H14ClF2NO/c1-19-15(13-10(16)6-4-7-11(13)17)9-5-3-8-12(20-2)14(9)18/h3-8,15,19H,1-2H3. The first-order chi connectivity index (χ1) is 9.60. The van der Waals surface area contributed by atoms with E-state index in [0.29, 0.717) is 0 Å². The van der Waals surface area contributed by atoms with Crippen molar-refractivity contribution >= 4 is 11.6 Å². The molecule has 1 N–H and O–H groups in total. The zero-order chi connectivity index (χ0) is 14.7. The van der Waals surface area contributed by atoms with Crippen LogP contribution in [-0.2, 0) is 0 Å². The van der Waals surface area contributed by atoms with E-state index in [0.717, 1.165) is 0 Å². The van der Waals surface area contributed by atoms with Gasteiger partial charge in [0.25, 0.3) is 0 Å². The van der Waals surface area contributed by atoms with Gasteiger partial charge in [-0.05, 0) is 25.2 Å². The maximum atomic E-state index is 14.3. The van der Waals surface area contributed by atoms with Crippen LogP contribution >= 0.6 is 11.6 Å². The van der Waals surface area contributed by atoms with Crippen molar-refractivity contribution in [3.63, 3.8) is 0 Å². The minimum Gasteiger partial charge on any atom is -0.494 e. The quantitative estimate of drug-likeness (QED) is 0.923. The largest absolute Gasteiger partial charge is 0.494 e. The molecule has 0 aliphatic rings. The van der Waals surface area contributed by atoms with Gasteiger partial charge in [0.05, 0.1) is 13.2 Å². The van der Waals surface area contributed by atoms with E-state index < -0.39 is 17.7 Å². The predicted octanol–water partition coefficient (Wildman–Crippen LogP) is 3.94. The minimum absolute atomic E-state index is 0.107. The van der Waals surface area contributed by atoms with Crippen LogP contribution in [-0.4, -0.2) is 14.2 Å². The number of methoxy groups -OCH3 is 1. The minimum atomic E-state index is -0.696. The van der Waals surface area contributed by atoms with E-state index >= 15 is 0 Å². The second-order valence-corrected chi connectivity index (χ2v) is 4.63. The summed E-state index contributed by atoms with van der Waals surface area (Å²) in [7, 11) is 3.00. The Labute approximate surface area is 121 Å². The van der Waals surface area contributed by atoms with Gasteiger partial charge in [-0.1, -0.05) is 29.8 Å². The van der Waals surface area contributed by atoms with Crippen LogP contribution in [0.3, 0.4) is 0 Å². The highest BCUT2D eigenvalue weighted by Crippen LogP contribution is 2.33. The number of halogens is 3. The fourth-order valence-electron chi connectivity index (χ4n) is 2.15. The summed E-state index contributed by atoms with van der Waals surface area (Å²) in [6.07, 6.45) is 0. The van der Waals surface area contributed by atoms with Crippen molar-refractivity contribution < 1.29 is 13.5 Å². The Morgan fingerprint density at radius 1 is 1.15 bits per heavy atom. The lowest BCUT2D eigenvalue weighted by Gasteiger charge is -2.20. The maximum absolute atomic E-state index is 14.3. The van der Waals surface area contributed by atoms with Gasteiger partial charge >= 0.3 is 0 Å². The molecule has 0 saturated heterocycles. The van der Waals surface area contributed by atoms with Gasteiger partial charge in [0.15, 0.2) is 11.6 Å². The molecule has 0 amide bonds. The van der Waals surface area contributed by atoms with Crippen LogP contribution in [0.5, 0.6) is 5.75 Å². The van der Waals surface area contributed by atoms with Gasteiger partial charge in [0, 0.05) is 16.1 Å². The van der Waals surface area contributed by atoms with Crippen LogP contribution in [0.2, 0.25) is 5.02 Å². The summed E-state index contributed by atoms with van der Waals surface area (Å²) in [5, 5.41) is 3.13. The van der Waals surface area contributed by atoms with Crippen molar-refractivity contribution in [3.8, 4) is 5.75 Å². The van der Waals surface area contributed by atoms with Crippen molar-refractivity contribution in [2.24, 2.45) is 0 Å². The molecule has 1 atom stereocenters. The maximum Gasteiger partial charge on any atom is 0.170 e. The molecule has 1 unspecified atom stereocenters. The van der Waals surface area contributed by atoms with Crippen LogP contribution in [0.15, 0.2) is 36.4 Å². The number of hydrogen-bond donors (Lipinski definition) is 1. The Morgan fingerprint density at radius 3 is 2.45 bits per heavy atom. The third kappa shape index (κ3) is 2.62. The smallest absolute Gasteiger partial charge is 0.170 e. The van der Waals surface area contributed by atoms with E-state index in [9.17, 15) is 8.78 Å². The molecule has 2 aromatic rings. The number of ether oxygens (including phenoxy) is 1. The second kappa shape index (κ2) is 6.20. The third-order valence-electron chi connectivity index (χ3n) is 3.10. The molecule has 0 saturated carbocycles. The van der Waals surface area contributed by atoms with Gasteiger partial charge < -0.3 is 10.1 Å². The lowest BCUT2D eigenvalue weighted by Crippen LogP contribution is -2.21. The molecular weight excluding hydrogens is 284 g/mol. The van der Waals surface area contributed by atoms with E-state index in [-0.39, 0.29) is 21.9 Å². The fraction of sp³-hybridized carbons (Fsp3) is 0.200. The molecule has 0 spiro atoms. The molecule has 0 aromatic heterocycles. The zero-order valence-corrected chi connectivity index (χ0v) is 11.8. The van der Waals surface area contributed by atoms with Crippen LogP contribution in [0.4, 0.5) is 8.78 Å². The lowest BCUT2D eigenvalue weighted by molar-refractivity contribution is 0.382. The first kappa shape index (κ1) is 14.8. The highest BCUT2D eigenvalue weighted by molar-refractivity contribution is 6.31. The topological polar surface area (TPSA) is 21.3 Å². The zero-order valence-electron chi connectivity index (χ0n) is 11.1. The van der Waals surface area contributed by atoms with Crippen LogP contribution in [0.25, 0.3) is 0 Å². The van der Waals surface area contributed by atoms with Crippen molar-refractivity contribution in [2.45, 2.75) is 6.04 Å². The van der Waals surface area contributed by atoms with E-state index in [2.05, 4.69) is 5.32 Å². The first-order valence-corrected chi connectivity index (χ1v) is 6.41. The molecular formula is C15H14ClF2NO. The summed E-state index contributed by atoms with van der Waals surface area (Å²) in [5.41, 5.74) is 0.489. The number of rotatable bonds is 4. The van der Waals surface area contributed by atoms with Gasteiger partial charge in [-0.3, -0.25) is 0 Å². The third-order valence-corrected chi connectivity index (χ3v) is 3.43.